The number of nitrogens with zero attached hydrogens (tertiary/aromatic N) is 2. The molecule has 37 heavy (non-hydrogen) atoms. The van der Waals surface area contributed by atoms with E-state index in [1.165, 1.54) is 0 Å². The molecule has 9 nitrogen and oxygen atoms in total. The number of esters is 2. The number of nitro groups is 1. The van der Waals surface area contributed by atoms with Crippen molar-refractivity contribution in [1.29, 1.82) is 0 Å². The van der Waals surface area contributed by atoms with Crippen molar-refractivity contribution in [3.8, 4) is 11.5 Å². The van der Waals surface area contributed by atoms with Gasteiger partial charge in [0.05, 0.1) is 7.11 Å². The molecule has 0 N–H and O–H groups in total. The van der Waals surface area contributed by atoms with Crippen molar-refractivity contribution in [1.82, 2.24) is 4.90 Å². The van der Waals surface area contributed by atoms with E-state index in [2.05, 4.69) is 0 Å². The minimum atomic E-state index is -1.57. The van der Waals surface area contributed by atoms with Gasteiger partial charge in [-0.15, -0.1) is 0 Å². The van der Waals surface area contributed by atoms with Gasteiger partial charge in [-0.3, -0.25) is 19.8 Å². The van der Waals surface area contributed by atoms with E-state index in [1.54, 1.807) is 27.9 Å². The van der Waals surface area contributed by atoms with Gasteiger partial charge in [0.2, 0.25) is 0 Å². The standard InChI is InChI=1S/C28H44N2O7/c1-26(2,3)19-16-18(35-10)17-20(27(4,5)6)23(19)36-24(31)22(30(33)34)13-15-29-14-11-12-21(29)25(32)37-28(7,8)9/h16-17,21-22H,11-15H2,1-10H3. The molecule has 0 aromatic heterocycles. The van der Waals surface area contributed by atoms with E-state index in [0.29, 0.717) is 24.5 Å². The van der Waals surface area contributed by atoms with E-state index in [-0.39, 0.29) is 18.9 Å². The molecule has 1 aromatic carbocycles. The first-order valence-corrected chi connectivity index (χ1v) is 12.9. The molecule has 1 aliphatic rings. The quantitative estimate of drug-likeness (QED) is 0.203. The molecular weight excluding hydrogens is 476 g/mol. The summed E-state index contributed by atoms with van der Waals surface area (Å²) in [5.41, 5.74) is 0.0231. The smallest absolute Gasteiger partial charge is 0.387 e. The van der Waals surface area contributed by atoms with E-state index in [4.69, 9.17) is 14.2 Å². The second kappa shape index (κ2) is 11.4. The summed E-state index contributed by atoms with van der Waals surface area (Å²) in [6, 6.07) is 1.59. The van der Waals surface area contributed by atoms with Gasteiger partial charge in [0, 0.05) is 29.0 Å². The average molecular weight is 521 g/mol. The summed E-state index contributed by atoms with van der Waals surface area (Å²) in [5.74, 6) is -0.291. The summed E-state index contributed by atoms with van der Waals surface area (Å²) >= 11 is 0. The fraction of sp³-hybridized carbons (Fsp3) is 0.714. The summed E-state index contributed by atoms with van der Waals surface area (Å²) in [7, 11) is 1.57. The van der Waals surface area contributed by atoms with Crippen LogP contribution in [0.2, 0.25) is 0 Å². The second-order valence-corrected chi connectivity index (χ2v) is 12.8. The molecule has 2 atom stereocenters. The summed E-state index contributed by atoms with van der Waals surface area (Å²) in [6.07, 6.45) is 1.34. The second-order valence-electron chi connectivity index (χ2n) is 12.8. The van der Waals surface area contributed by atoms with Crippen LogP contribution < -0.4 is 9.47 Å². The third-order valence-electron chi connectivity index (χ3n) is 6.38. The van der Waals surface area contributed by atoms with Crippen LogP contribution in [0.15, 0.2) is 12.1 Å². The predicted molar refractivity (Wildman–Crippen MR) is 142 cm³/mol. The Labute approximate surface area is 221 Å². The zero-order chi connectivity index (χ0) is 28.3. The Morgan fingerprint density at radius 1 is 1.05 bits per heavy atom. The molecule has 0 amide bonds. The number of carbonyl (C=O) groups excluding carboxylic acids is 2. The van der Waals surface area contributed by atoms with E-state index in [9.17, 15) is 19.7 Å². The van der Waals surface area contributed by atoms with Crippen molar-refractivity contribution in [3.05, 3.63) is 33.4 Å². The van der Waals surface area contributed by atoms with Gasteiger partial charge in [0.15, 0.2) is 0 Å². The number of carbonyl (C=O) groups is 2. The molecule has 2 rings (SSSR count). The third kappa shape index (κ3) is 8.15. The number of hydrogen-bond acceptors (Lipinski definition) is 8. The lowest BCUT2D eigenvalue weighted by Crippen LogP contribution is -2.43. The van der Waals surface area contributed by atoms with E-state index in [1.807, 2.05) is 58.6 Å². The Bertz CT molecular complexity index is 964. The highest BCUT2D eigenvalue weighted by molar-refractivity contribution is 5.78. The highest BCUT2D eigenvalue weighted by Crippen LogP contribution is 2.42. The number of benzene rings is 1. The summed E-state index contributed by atoms with van der Waals surface area (Å²) in [4.78, 5) is 39.2. The number of ether oxygens (including phenoxy) is 3. The van der Waals surface area contributed by atoms with Gasteiger partial charge in [-0.2, -0.15) is 0 Å². The Hall–Kier alpha value is -2.68. The van der Waals surface area contributed by atoms with Crippen LogP contribution in [-0.4, -0.2) is 59.6 Å². The van der Waals surface area contributed by atoms with Crippen molar-refractivity contribution in [2.45, 2.75) is 110 Å². The fourth-order valence-electron chi connectivity index (χ4n) is 4.44. The van der Waals surface area contributed by atoms with E-state index >= 15 is 0 Å². The van der Waals surface area contributed by atoms with Gasteiger partial charge >= 0.3 is 18.0 Å². The van der Waals surface area contributed by atoms with Gasteiger partial charge in [-0.05, 0) is 63.1 Å². The van der Waals surface area contributed by atoms with Crippen LogP contribution in [0.1, 0.15) is 92.7 Å². The lowest BCUT2D eigenvalue weighted by atomic mass is 9.79. The Kier molecular flexibility index (Phi) is 9.39. The minimum absolute atomic E-state index is 0.0724. The maximum atomic E-state index is 13.3. The van der Waals surface area contributed by atoms with Crippen LogP contribution in [0.4, 0.5) is 0 Å². The summed E-state index contributed by atoms with van der Waals surface area (Å²) < 4.78 is 16.9. The molecule has 1 aliphatic heterocycles. The Morgan fingerprint density at radius 3 is 2.03 bits per heavy atom. The first-order valence-electron chi connectivity index (χ1n) is 12.9. The van der Waals surface area contributed by atoms with Crippen molar-refractivity contribution in [2.75, 3.05) is 20.2 Å². The molecule has 9 heteroatoms. The topological polar surface area (TPSA) is 108 Å². The highest BCUT2D eigenvalue weighted by atomic mass is 16.6. The van der Waals surface area contributed by atoms with Crippen molar-refractivity contribution < 1.29 is 28.7 Å². The number of hydrogen-bond donors (Lipinski definition) is 0. The highest BCUT2D eigenvalue weighted by Gasteiger charge is 2.39. The largest absolute Gasteiger partial charge is 0.497 e. The summed E-state index contributed by atoms with van der Waals surface area (Å²) in [6.45, 7) is 18.2. The molecule has 1 aromatic rings. The molecule has 2 unspecified atom stereocenters. The molecule has 1 heterocycles. The van der Waals surface area contributed by atoms with Crippen LogP contribution in [0, 0.1) is 10.1 Å². The maximum Gasteiger partial charge on any atom is 0.387 e. The van der Waals surface area contributed by atoms with Gasteiger partial charge in [-0.1, -0.05) is 41.5 Å². The number of rotatable bonds is 8. The van der Waals surface area contributed by atoms with Crippen LogP contribution in [0.3, 0.4) is 0 Å². The molecule has 1 saturated heterocycles. The summed E-state index contributed by atoms with van der Waals surface area (Å²) in [5, 5.41) is 12.0. The van der Waals surface area contributed by atoms with E-state index < -0.39 is 39.4 Å². The zero-order valence-corrected chi connectivity index (χ0v) is 24.1. The van der Waals surface area contributed by atoms with Crippen LogP contribution >= 0.6 is 0 Å². The average Bonchev–Trinajstić information content (AvgIpc) is 3.19. The van der Waals surface area contributed by atoms with Gasteiger partial charge in [-0.25, -0.2) is 4.79 Å². The SMILES string of the molecule is COc1cc(C(C)(C)C)c(OC(=O)C(CCN2CCCC2C(=O)OC(C)(C)C)[N+](=O)[O-])c(C(C)(C)C)c1. The molecule has 0 saturated carbocycles. The first-order chi connectivity index (χ1) is 16.8. The van der Waals surface area contributed by atoms with Gasteiger partial charge < -0.3 is 14.2 Å². The Morgan fingerprint density at radius 2 is 1.59 bits per heavy atom. The van der Waals surface area contributed by atoms with Crippen LogP contribution in [0.5, 0.6) is 11.5 Å². The van der Waals surface area contributed by atoms with Crippen LogP contribution in [0.25, 0.3) is 0 Å². The number of methoxy groups -OCH3 is 1. The predicted octanol–water partition coefficient (Wildman–Crippen LogP) is 5.04. The lowest BCUT2D eigenvalue weighted by molar-refractivity contribution is -0.510. The van der Waals surface area contributed by atoms with Crippen molar-refractivity contribution in [3.63, 3.8) is 0 Å². The van der Waals surface area contributed by atoms with E-state index in [0.717, 1.165) is 17.5 Å². The Balaban J connectivity index is 2.31. The maximum absolute atomic E-state index is 13.3. The normalized spacial score (nSPS) is 17.8. The zero-order valence-electron chi connectivity index (χ0n) is 24.1. The molecule has 0 bridgehead atoms. The molecular formula is C28H44N2O7. The monoisotopic (exact) mass is 520 g/mol. The van der Waals surface area contributed by atoms with Crippen LogP contribution in [-0.2, 0) is 25.2 Å². The van der Waals surface area contributed by atoms with Crippen molar-refractivity contribution >= 4 is 11.9 Å². The molecule has 0 aliphatic carbocycles. The van der Waals surface area contributed by atoms with Crippen molar-refractivity contribution in [2.24, 2.45) is 0 Å². The fourth-order valence-corrected chi connectivity index (χ4v) is 4.44. The van der Waals surface area contributed by atoms with Gasteiger partial charge in [0.25, 0.3) is 0 Å². The minimum Gasteiger partial charge on any atom is -0.497 e. The molecule has 0 spiro atoms. The third-order valence-corrected chi connectivity index (χ3v) is 6.38. The molecule has 0 radical (unpaired) electrons. The first kappa shape index (κ1) is 30.5. The lowest BCUT2D eigenvalue weighted by Gasteiger charge is -2.30. The van der Waals surface area contributed by atoms with Gasteiger partial charge in [0.1, 0.15) is 23.1 Å². The molecule has 1 fully saturated rings. The number of likely N-dealkylation sites (tertiary alicyclic amines) is 1. The molecule has 208 valence electrons.